The van der Waals surface area contributed by atoms with Gasteiger partial charge in [0.25, 0.3) is 5.69 Å². The van der Waals surface area contributed by atoms with Crippen LogP contribution in [0.15, 0.2) is 24.8 Å². The molecule has 0 radical (unpaired) electrons. The van der Waals surface area contributed by atoms with Crippen LogP contribution in [-0.2, 0) is 4.74 Å². The number of amides is 1. The molecule has 0 aromatic heterocycles. The minimum atomic E-state index is -0.508. The fourth-order valence-electron chi connectivity index (χ4n) is 2.54. The Hall–Kier alpha value is -2.57. The maximum absolute atomic E-state index is 12.1. The highest BCUT2D eigenvalue weighted by Crippen LogP contribution is 2.26. The van der Waals surface area contributed by atoms with Gasteiger partial charge in [0.15, 0.2) is 0 Å². The van der Waals surface area contributed by atoms with E-state index >= 15 is 0 Å². The van der Waals surface area contributed by atoms with Gasteiger partial charge in [0.05, 0.1) is 10.5 Å². The van der Waals surface area contributed by atoms with Gasteiger partial charge in [0, 0.05) is 37.9 Å². The molecule has 1 heterocycles. The van der Waals surface area contributed by atoms with E-state index in [1.54, 1.807) is 17.0 Å². The Morgan fingerprint density at radius 1 is 1.29 bits per heavy atom. The van der Waals surface area contributed by atoms with Gasteiger partial charge in [-0.15, -0.1) is 0 Å². The number of carbonyl (C=O) groups is 1. The van der Waals surface area contributed by atoms with Gasteiger partial charge in [0.2, 0.25) is 0 Å². The lowest BCUT2D eigenvalue weighted by Crippen LogP contribution is -2.50. The number of nitrogens with zero attached hydrogens (tertiary/aromatic N) is 3. The number of piperazine rings is 1. The predicted molar refractivity (Wildman–Crippen MR) is 93.2 cm³/mol. The van der Waals surface area contributed by atoms with Gasteiger partial charge in [-0.1, -0.05) is 12.7 Å². The monoisotopic (exact) mass is 333 g/mol. The molecule has 7 heteroatoms. The molecular weight excluding hydrogens is 310 g/mol. The molecule has 1 saturated heterocycles. The van der Waals surface area contributed by atoms with Gasteiger partial charge in [0.1, 0.15) is 5.60 Å². The third kappa shape index (κ3) is 4.24. The molecule has 0 spiro atoms. The second-order valence-corrected chi connectivity index (χ2v) is 6.66. The molecule has 0 bridgehead atoms. The van der Waals surface area contributed by atoms with Crippen LogP contribution in [-0.4, -0.2) is 47.7 Å². The summed E-state index contributed by atoms with van der Waals surface area (Å²) in [4.78, 5) is 26.4. The minimum absolute atomic E-state index is 0.0427. The van der Waals surface area contributed by atoms with E-state index in [1.807, 2.05) is 20.8 Å². The third-order valence-electron chi connectivity index (χ3n) is 3.72. The number of hydrogen-bond acceptors (Lipinski definition) is 5. The molecule has 1 aliphatic rings. The zero-order valence-corrected chi connectivity index (χ0v) is 14.3. The first-order valence-electron chi connectivity index (χ1n) is 7.85. The number of hydrogen-bond donors (Lipinski definition) is 0. The lowest BCUT2D eigenvalue weighted by molar-refractivity contribution is -0.385. The molecule has 130 valence electrons. The fraction of sp³-hybridized carbons (Fsp3) is 0.471. The van der Waals surface area contributed by atoms with Crippen LogP contribution >= 0.6 is 0 Å². The summed E-state index contributed by atoms with van der Waals surface area (Å²) in [5, 5.41) is 11.0. The van der Waals surface area contributed by atoms with Crippen LogP contribution in [0.4, 0.5) is 16.2 Å². The Bertz CT molecular complexity index is 644. The largest absolute Gasteiger partial charge is 0.444 e. The second kappa shape index (κ2) is 6.90. The Balaban J connectivity index is 2.03. The summed E-state index contributed by atoms with van der Waals surface area (Å²) < 4.78 is 5.38. The summed E-state index contributed by atoms with van der Waals surface area (Å²) >= 11 is 0. The number of benzene rings is 1. The van der Waals surface area contributed by atoms with Gasteiger partial charge < -0.3 is 14.5 Å². The van der Waals surface area contributed by atoms with E-state index in [9.17, 15) is 14.9 Å². The van der Waals surface area contributed by atoms with Crippen molar-refractivity contribution in [3.8, 4) is 0 Å². The van der Waals surface area contributed by atoms with Gasteiger partial charge in [-0.05, 0) is 32.9 Å². The molecular formula is C17H23N3O4. The Labute approximate surface area is 141 Å². The van der Waals surface area contributed by atoms with E-state index in [0.29, 0.717) is 31.7 Å². The van der Waals surface area contributed by atoms with E-state index in [1.165, 1.54) is 12.1 Å². The summed E-state index contributed by atoms with van der Waals surface area (Å²) in [7, 11) is 0. The smallest absolute Gasteiger partial charge is 0.410 e. The number of anilines is 1. The molecule has 24 heavy (non-hydrogen) atoms. The van der Waals surface area contributed by atoms with Crippen molar-refractivity contribution in [3.05, 3.63) is 40.5 Å². The Kier molecular flexibility index (Phi) is 5.11. The van der Waals surface area contributed by atoms with Crippen LogP contribution in [0.5, 0.6) is 0 Å². The molecule has 0 N–H and O–H groups in total. The summed E-state index contributed by atoms with van der Waals surface area (Å²) in [5.41, 5.74) is 0.915. The van der Waals surface area contributed by atoms with E-state index in [-0.39, 0.29) is 11.8 Å². The topological polar surface area (TPSA) is 75.9 Å². The summed E-state index contributed by atoms with van der Waals surface area (Å²) in [6, 6.07) is 4.98. The van der Waals surface area contributed by atoms with Crippen LogP contribution in [0.3, 0.4) is 0 Å². The van der Waals surface area contributed by atoms with E-state index in [2.05, 4.69) is 11.5 Å². The molecule has 1 aromatic rings. The molecule has 7 nitrogen and oxygen atoms in total. The summed E-state index contributed by atoms with van der Waals surface area (Å²) in [6.07, 6.45) is 1.18. The van der Waals surface area contributed by atoms with Crippen molar-refractivity contribution in [2.45, 2.75) is 26.4 Å². The van der Waals surface area contributed by atoms with Crippen molar-refractivity contribution in [1.29, 1.82) is 0 Å². The van der Waals surface area contributed by atoms with Crippen molar-refractivity contribution >= 4 is 23.5 Å². The highest BCUT2D eigenvalue weighted by Gasteiger charge is 2.26. The normalized spacial score (nSPS) is 15.1. The highest BCUT2D eigenvalue weighted by molar-refractivity contribution is 5.69. The maximum Gasteiger partial charge on any atom is 0.410 e. The van der Waals surface area contributed by atoms with E-state index in [4.69, 9.17) is 4.74 Å². The fourth-order valence-corrected chi connectivity index (χ4v) is 2.54. The van der Waals surface area contributed by atoms with E-state index < -0.39 is 10.5 Å². The standard InChI is InChI=1S/C17H23N3O4/c1-5-13-12-14(6-7-15(13)20(22)23)18-8-10-19(11-9-18)16(21)24-17(2,3)4/h5-7,12H,1,8-11H2,2-4H3. The quantitative estimate of drug-likeness (QED) is 0.626. The number of nitro groups is 1. The molecule has 0 atom stereocenters. The lowest BCUT2D eigenvalue weighted by atomic mass is 10.1. The van der Waals surface area contributed by atoms with Gasteiger partial charge >= 0.3 is 6.09 Å². The van der Waals surface area contributed by atoms with Crippen molar-refractivity contribution in [2.75, 3.05) is 31.1 Å². The van der Waals surface area contributed by atoms with Gasteiger partial charge in [-0.25, -0.2) is 4.79 Å². The summed E-state index contributed by atoms with van der Waals surface area (Å²) in [6.45, 7) is 11.6. The first kappa shape index (κ1) is 17.8. The number of ether oxygens (including phenoxy) is 1. The van der Waals surface area contributed by atoms with Crippen molar-refractivity contribution in [1.82, 2.24) is 4.90 Å². The van der Waals surface area contributed by atoms with Crippen molar-refractivity contribution in [3.63, 3.8) is 0 Å². The van der Waals surface area contributed by atoms with Crippen LogP contribution in [0.2, 0.25) is 0 Å². The lowest BCUT2D eigenvalue weighted by Gasteiger charge is -2.36. The second-order valence-electron chi connectivity index (χ2n) is 6.66. The van der Waals surface area contributed by atoms with Crippen molar-refractivity contribution < 1.29 is 14.5 Å². The first-order chi connectivity index (χ1) is 11.2. The van der Waals surface area contributed by atoms with Crippen LogP contribution < -0.4 is 4.90 Å². The first-order valence-corrected chi connectivity index (χ1v) is 7.85. The molecule has 1 aromatic carbocycles. The minimum Gasteiger partial charge on any atom is -0.444 e. The van der Waals surface area contributed by atoms with E-state index in [0.717, 1.165) is 5.69 Å². The molecule has 0 aliphatic carbocycles. The average molecular weight is 333 g/mol. The Morgan fingerprint density at radius 2 is 1.92 bits per heavy atom. The molecule has 0 unspecified atom stereocenters. The summed E-state index contributed by atoms with van der Waals surface area (Å²) in [5.74, 6) is 0. The molecule has 2 rings (SSSR count). The zero-order chi connectivity index (χ0) is 17.9. The van der Waals surface area contributed by atoms with Crippen LogP contribution in [0.25, 0.3) is 6.08 Å². The van der Waals surface area contributed by atoms with Crippen LogP contribution in [0.1, 0.15) is 26.3 Å². The molecule has 1 amide bonds. The highest BCUT2D eigenvalue weighted by atomic mass is 16.6. The number of rotatable bonds is 3. The number of carbonyl (C=O) groups excluding carboxylic acids is 1. The van der Waals surface area contributed by atoms with Crippen molar-refractivity contribution in [2.24, 2.45) is 0 Å². The molecule has 1 aliphatic heterocycles. The number of nitro benzene ring substituents is 1. The zero-order valence-electron chi connectivity index (χ0n) is 14.3. The Morgan fingerprint density at radius 3 is 2.42 bits per heavy atom. The molecule has 0 saturated carbocycles. The average Bonchev–Trinajstić information content (AvgIpc) is 2.52. The predicted octanol–water partition coefficient (Wildman–Crippen LogP) is 3.29. The van der Waals surface area contributed by atoms with Gasteiger partial charge in [-0.2, -0.15) is 0 Å². The molecule has 1 fully saturated rings. The SMILES string of the molecule is C=Cc1cc(N2CCN(C(=O)OC(C)(C)C)CC2)ccc1[N+](=O)[O-]. The third-order valence-corrected chi connectivity index (χ3v) is 3.72. The van der Waals surface area contributed by atoms with Gasteiger partial charge in [-0.3, -0.25) is 10.1 Å². The maximum atomic E-state index is 12.1. The van der Waals surface area contributed by atoms with Crippen LogP contribution in [0, 0.1) is 10.1 Å².